The maximum absolute atomic E-state index is 12.5. The molecule has 2 aromatic rings. The van der Waals surface area contributed by atoms with Gasteiger partial charge in [-0.2, -0.15) is 0 Å². The van der Waals surface area contributed by atoms with E-state index >= 15 is 0 Å². The van der Waals surface area contributed by atoms with Crippen LogP contribution in [0.2, 0.25) is 0 Å². The molecule has 5 nitrogen and oxygen atoms in total. The van der Waals surface area contributed by atoms with Crippen LogP contribution in [0.5, 0.6) is 0 Å². The van der Waals surface area contributed by atoms with Crippen molar-refractivity contribution in [3.63, 3.8) is 0 Å². The highest BCUT2D eigenvalue weighted by molar-refractivity contribution is 7.92. The average molecular weight is 305 g/mol. The third-order valence-electron chi connectivity index (χ3n) is 3.17. The van der Waals surface area contributed by atoms with Gasteiger partial charge >= 0.3 is 0 Å². The fourth-order valence-corrected chi connectivity index (χ4v) is 3.57. The molecule has 0 unspecified atom stereocenters. The molecule has 0 aliphatic rings. The molecule has 0 saturated carbocycles. The lowest BCUT2D eigenvalue weighted by Gasteiger charge is -2.13. The Bertz CT molecular complexity index is 779. The summed E-state index contributed by atoms with van der Waals surface area (Å²) in [6.07, 6.45) is 0. The minimum Gasteiger partial charge on any atom is -0.398 e. The van der Waals surface area contributed by atoms with Gasteiger partial charge in [0.25, 0.3) is 10.0 Å². The SMILES string of the molecule is Cc1cc(C)nc(NS(=O)(=O)c2cc(C)cc(N)c2C)c1. The Labute approximate surface area is 125 Å². The topological polar surface area (TPSA) is 85.1 Å². The Kier molecular flexibility index (Phi) is 3.91. The quantitative estimate of drug-likeness (QED) is 0.854. The summed E-state index contributed by atoms with van der Waals surface area (Å²) in [4.78, 5) is 4.38. The van der Waals surface area contributed by atoms with E-state index < -0.39 is 10.0 Å². The lowest BCUT2D eigenvalue weighted by Crippen LogP contribution is -2.16. The number of aryl methyl sites for hydroxylation is 3. The zero-order valence-electron chi connectivity index (χ0n) is 12.6. The van der Waals surface area contributed by atoms with Gasteiger partial charge in [-0.05, 0) is 68.7 Å². The molecule has 1 aromatic heterocycles. The Morgan fingerprint density at radius 2 is 1.62 bits per heavy atom. The average Bonchev–Trinajstić information content (AvgIpc) is 2.31. The van der Waals surface area contributed by atoms with E-state index in [0.29, 0.717) is 17.1 Å². The monoisotopic (exact) mass is 305 g/mol. The molecule has 0 aliphatic carbocycles. The summed E-state index contributed by atoms with van der Waals surface area (Å²) in [7, 11) is -3.72. The summed E-state index contributed by atoms with van der Waals surface area (Å²) in [5.41, 5.74) is 9.35. The molecule has 1 aromatic carbocycles. The Morgan fingerprint density at radius 3 is 2.24 bits per heavy atom. The maximum Gasteiger partial charge on any atom is 0.263 e. The van der Waals surface area contributed by atoms with Crippen LogP contribution in [0.3, 0.4) is 0 Å². The molecule has 0 spiro atoms. The van der Waals surface area contributed by atoms with Gasteiger partial charge in [-0.15, -0.1) is 0 Å². The second kappa shape index (κ2) is 5.37. The van der Waals surface area contributed by atoms with E-state index in [9.17, 15) is 8.42 Å². The highest BCUT2D eigenvalue weighted by Gasteiger charge is 2.19. The van der Waals surface area contributed by atoms with E-state index in [1.54, 1.807) is 25.1 Å². The van der Waals surface area contributed by atoms with Crippen molar-refractivity contribution in [3.8, 4) is 0 Å². The first-order chi connectivity index (χ1) is 9.69. The van der Waals surface area contributed by atoms with Crippen molar-refractivity contribution in [2.75, 3.05) is 10.5 Å². The Morgan fingerprint density at radius 1 is 1.00 bits per heavy atom. The summed E-state index contributed by atoms with van der Waals surface area (Å²) in [5.74, 6) is 0.312. The molecule has 0 bridgehead atoms. The number of nitrogens with zero attached hydrogens (tertiary/aromatic N) is 1. The maximum atomic E-state index is 12.5. The van der Waals surface area contributed by atoms with Crippen LogP contribution in [0.4, 0.5) is 11.5 Å². The van der Waals surface area contributed by atoms with Crippen LogP contribution in [-0.2, 0) is 10.0 Å². The molecule has 0 radical (unpaired) electrons. The van der Waals surface area contributed by atoms with Crippen LogP contribution >= 0.6 is 0 Å². The van der Waals surface area contributed by atoms with Crippen LogP contribution in [0.15, 0.2) is 29.2 Å². The number of nitrogens with two attached hydrogens (primary N) is 1. The molecule has 0 saturated heterocycles. The van der Waals surface area contributed by atoms with E-state index in [1.165, 1.54) is 0 Å². The third kappa shape index (κ3) is 3.33. The molecule has 3 N–H and O–H groups in total. The summed E-state index contributed by atoms with van der Waals surface area (Å²) in [6.45, 7) is 7.21. The number of rotatable bonds is 3. The molecule has 0 atom stereocenters. The standard InChI is InChI=1S/C15H19N3O2S/c1-9-5-11(3)17-15(8-9)18-21(19,20)14-7-10(2)6-13(16)12(14)4/h5-8H,16H2,1-4H3,(H,17,18). The van der Waals surface area contributed by atoms with Crippen molar-refractivity contribution in [2.24, 2.45) is 0 Å². The zero-order chi connectivity index (χ0) is 15.8. The normalized spacial score (nSPS) is 11.4. The molecule has 21 heavy (non-hydrogen) atoms. The summed E-state index contributed by atoms with van der Waals surface area (Å²) >= 11 is 0. The van der Waals surface area contributed by atoms with Crippen molar-refractivity contribution in [1.29, 1.82) is 0 Å². The number of aromatic nitrogens is 1. The number of nitrogens with one attached hydrogen (secondary N) is 1. The van der Waals surface area contributed by atoms with Gasteiger partial charge in [-0.25, -0.2) is 13.4 Å². The molecule has 0 aliphatic heterocycles. The van der Waals surface area contributed by atoms with Crippen LogP contribution < -0.4 is 10.5 Å². The fourth-order valence-electron chi connectivity index (χ4n) is 2.22. The molecular formula is C15H19N3O2S. The highest BCUT2D eigenvalue weighted by Crippen LogP contribution is 2.25. The van der Waals surface area contributed by atoms with Gasteiger partial charge in [-0.3, -0.25) is 4.72 Å². The van der Waals surface area contributed by atoms with Crippen molar-refractivity contribution >= 4 is 21.5 Å². The summed E-state index contributed by atoms with van der Waals surface area (Å²) in [6, 6.07) is 6.94. The molecule has 0 amide bonds. The Balaban J connectivity index is 2.48. The second-order valence-electron chi connectivity index (χ2n) is 5.25. The molecule has 6 heteroatoms. The minimum atomic E-state index is -3.72. The van der Waals surface area contributed by atoms with Crippen LogP contribution in [-0.4, -0.2) is 13.4 Å². The van der Waals surface area contributed by atoms with Gasteiger partial charge in [0.1, 0.15) is 5.82 Å². The van der Waals surface area contributed by atoms with Gasteiger partial charge in [0.15, 0.2) is 0 Å². The van der Waals surface area contributed by atoms with Crippen LogP contribution in [0.1, 0.15) is 22.4 Å². The van der Waals surface area contributed by atoms with Crippen molar-refractivity contribution in [1.82, 2.24) is 4.98 Å². The van der Waals surface area contributed by atoms with Gasteiger partial charge in [0, 0.05) is 11.4 Å². The van der Waals surface area contributed by atoms with Crippen molar-refractivity contribution in [2.45, 2.75) is 32.6 Å². The van der Waals surface area contributed by atoms with Gasteiger partial charge in [-0.1, -0.05) is 0 Å². The minimum absolute atomic E-state index is 0.181. The van der Waals surface area contributed by atoms with Crippen molar-refractivity contribution < 1.29 is 8.42 Å². The number of hydrogen-bond donors (Lipinski definition) is 2. The predicted octanol–water partition coefficient (Wildman–Crippen LogP) is 2.70. The fraction of sp³-hybridized carbons (Fsp3) is 0.267. The highest BCUT2D eigenvalue weighted by atomic mass is 32.2. The molecule has 2 rings (SSSR count). The van der Waals surface area contributed by atoms with E-state index in [4.69, 9.17) is 5.73 Å². The van der Waals surface area contributed by atoms with Gasteiger partial charge in [0.05, 0.1) is 4.90 Å². The number of anilines is 2. The van der Waals surface area contributed by atoms with E-state index in [1.807, 2.05) is 26.8 Å². The van der Waals surface area contributed by atoms with E-state index in [0.717, 1.165) is 16.8 Å². The molecule has 0 fully saturated rings. The van der Waals surface area contributed by atoms with Crippen LogP contribution in [0, 0.1) is 27.7 Å². The van der Waals surface area contributed by atoms with Gasteiger partial charge < -0.3 is 5.73 Å². The van der Waals surface area contributed by atoms with Crippen LogP contribution in [0.25, 0.3) is 0 Å². The lowest BCUT2D eigenvalue weighted by atomic mass is 10.1. The molecule has 1 heterocycles. The first-order valence-corrected chi connectivity index (χ1v) is 8.02. The number of pyridine rings is 1. The number of hydrogen-bond acceptors (Lipinski definition) is 4. The smallest absolute Gasteiger partial charge is 0.263 e. The molecular weight excluding hydrogens is 286 g/mol. The number of sulfonamides is 1. The summed E-state index contributed by atoms with van der Waals surface area (Å²) in [5, 5.41) is 0. The summed E-state index contributed by atoms with van der Waals surface area (Å²) < 4.78 is 27.6. The largest absolute Gasteiger partial charge is 0.398 e. The Hall–Kier alpha value is -2.08. The molecule has 112 valence electrons. The first-order valence-electron chi connectivity index (χ1n) is 6.54. The first kappa shape index (κ1) is 15.3. The van der Waals surface area contributed by atoms with Gasteiger partial charge in [0.2, 0.25) is 0 Å². The van der Waals surface area contributed by atoms with E-state index in [-0.39, 0.29) is 4.90 Å². The predicted molar refractivity (Wildman–Crippen MR) is 84.8 cm³/mol. The number of nitrogen functional groups attached to an aromatic ring is 1. The van der Waals surface area contributed by atoms with E-state index in [2.05, 4.69) is 9.71 Å². The number of benzene rings is 1. The third-order valence-corrected chi connectivity index (χ3v) is 4.65. The zero-order valence-corrected chi connectivity index (χ0v) is 13.4. The van der Waals surface area contributed by atoms with Crippen molar-refractivity contribution in [3.05, 3.63) is 46.6 Å². The second-order valence-corrected chi connectivity index (χ2v) is 6.90. The lowest BCUT2D eigenvalue weighted by molar-refractivity contribution is 0.600.